The summed E-state index contributed by atoms with van der Waals surface area (Å²) >= 11 is 0. The summed E-state index contributed by atoms with van der Waals surface area (Å²) in [6.07, 6.45) is 0.877. The molecule has 0 bridgehead atoms. The van der Waals surface area contributed by atoms with E-state index in [9.17, 15) is 4.79 Å². The Morgan fingerprint density at radius 1 is 1.45 bits per heavy atom. The molecule has 1 aliphatic heterocycles. The highest BCUT2D eigenvalue weighted by molar-refractivity contribution is 5.85. The van der Waals surface area contributed by atoms with Crippen molar-refractivity contribution in [2.75, 3.05) is 26.8 Å². The summed E-state index contributed by atoms with van der Waals surface area (Å²) in [6.45, 7) is 2.50. The first-order valence-electron chi connectivity index (χ1n) is 6.90. The number of carbonyl (C=O) groups excluding carboxylic acids is 1. The second-order valence-corrected chi connectivity index (χ2v) is 5.02. The lowest BCUT2D eigenvalue weighted by atomic mass is 10.0. The maximum Gasteiger partial charge on any atom is 0.317 e. The highest BCUT2D eigenvalue weighted by Crippen LogP contribution is 2.27. The van der Waals surface area contributed by atoms with Gasteiger partial charge in [0.05, 0.1) is 6.61 Å². The molecule has 0 aliphatic carbocycles. The molecule has 0 saturated carbocycles. The van der Waals surface area contributed by atoms with Crippen molar-refractivity contribution in [1.29, 1.82) is 0 Å². The molecule has 20 heavy (non-hydrogen) atoms. The van der Waals surface area contributed by atoms with E-state index in [2.05, 4.69) is 22.4 Å². The van der Waals surface area contributed by atoms with E-state index in [1.807, 2.05) is 17.0 Å². The number of urea groups is 1. The SMILES string of the molecule is COCCNC(=O)N1CCc2[nH]c3ccccc3c2C1. The number of nitrogens with one attached hydrogen (secondary N) is 2. The number of benzene rings is 1. The van der Waals surface area contributed by atoms with Gasteiger partial charge in [-0.05, 0) is 6.07 Å². The number of aromatic amines is 1. The van der Waals surface area contributed by atoms with E-state index >= 15 is 0 Å². The van der Waals surface area contributed by atoms with Gasteiger partial charge in [-0.15, -0.1) is 0 Å². The van der Waals surface area contributed by atoms with Crippen LogP contribution in [0.1, 0.15) is 11.3 Å². The van der Waals surface area contributed by atoms with Crippen LogP contribution in [0.3, 0.4) is 0 Å². The van der Waals surface area contributed by atoms with Crippen LogP contribution in [0.2, 0.25) is 0 Å². The minimum Gasteiger partial charge on any atom is -0.383 e. The molecule has 106 valence electrons. The van der Waals surface area contributed by atoms with Crippen LogP contribution in [-0.4, -0.2) is 42.7 Å². The van der Waals surface area contributed by atoms with Crippen LogP contribution in [-0.2, 0) is 17.7 Å². The van der Waals surface area contributed by atoms with Crippen molar-refractivity contribution in [3.63, 3.8) is 0 Å². The molecule has 5 nitrogen and oxygen atoms in total. The minimum absolute atomic E-state index is 0.0158. The highest BCUT2D eigenvalue weighted by atomic mass is 16.5. The van der Waals surface area contributed by atoms with Gasteiger partial charge in [-0.1, -0.05) is 18.2 Å². The summed E-state index contributed by atoms with van der Waals surface area (Å²) in [5.74, 6) is 0. The van der Waals surface area contributed by atoms with Crippen LogP contribution in [0.5, 0.6) is 0 Å². The largest absolute Gasteiger partial charge is 0.383 e. The predicted molar refractivity (Wildman–Crippen MR) is 77.7 cm³/mol. The second kappa shape index (κ2) is 5.54. The molecule has 0 fully saturated rings. The fourth-order valence-electron chi connectivity index (χ4n) is 2.71. The molecule has 0 spiro atoms. The van der Waals surface area contributed by atoms with Crippen molar-refractivity contribution in [3.8, 4) is 0 Å². The van der Waals surface area contributed by atoms with Crippen LogP contribution in [0.15, 0.2) is 24.3 Å². The number of hydrogen-bond donors (Lipinski definition) is 2. The molecule has 0 saturated heterocycles. The Morgan fingerprint density at radius 3 is 3.15 bits per heavy atom. The quantitative estimate of drug-likeness (QED) is 0.839. The number of rotatable bonds is 3. The molecule has 1 aromatic carbocycles. The third-order valence-electron chi connectivity index (χ3n) is 3.75. The first-order chi connectivity index (χ1) is 9.79. The molecule has 3 rings (SSSR count). The second-order valence-electron chi connectivity index (χ2n) is 5.02. The van der Waals surface area contributed by atoms with E-state index in [-0.39, 0.29) is 6.03 Å². The number of hydrogen-bond acceptors (Lipinski definition) is 2. The van der Waals surface area contributed by atoms with Crippen molar-refractivity contribution in [1.82, 2.24) is 15.2 Å². The van der Waals surface area contributed by atoms with Gasteiger partial charge in [-0.25, -0.2) is 4.79 Å². The van der Waals surface area contributed by atoms with Crippen LogP contribution in [0.4, 0.5) is 4.79 Å². The molecule has 2 N–H and O–H groups in total. The molecule has 2 aromatic rings. The maximum atomic E-state index is 12.1. The van der Waals surface area contributed by atoms with Gasteiger partial charge in [0.1, 0.15) is 0 Å². The maximum absolute atomic E-state index is 12.1. The number of fused-ring (bicyclic) bond motifs is 3. The summed E-state index contributed by atoms with van der Waals surface area (Å²) in [4.78, 5) is 17.4. The van der Waals surface area contributed by atoms with E-state index in [0.717, 1.165) is 18.5 Å². The summed E-state index contributed by atoms with van der Waals surface area (Å²) < 4.78 is 4.94. The molecular formula is C15H19N3O2. The molecule has 1 aliphatic rings. The van der Waals surface area contributed by atoms with E-state index in [4.69, 9.17) is 4.74 Å². The van der Waals surface area contributed by atoms with Crippen LogP contribution < -0.4 is 5.32 Å². The molecule has 2 heterocycles. The summed E-state index contributed by atoms with van der Waals surface area (Å²) in [5.41, 5.74) is 3.65. The molecule has 2 amide bonds. The Bertz CT molecular complexity index is 621. The average molecular weight is 273 g/mol. The lowest BCUT2D eigenvalue weighted by Crippen LogP contribution is -2.43. The third-order valence-corrected chi connectivity index (χ3v) is 3.75. The number of ether oxygens (including phenoxy) is 1. The van der Waals surface area contributed by atoms with Gasteiger partial charge in [0.25, 0.3) is 0 Å². The smallest absolute Gasteiger partial charge is 0.317 e. The summed E-state index contributed by atoms with van der Waals surface area (Å²) in [5, 5.41) is 4.10. The van der Waals surface area contributed by atoms with Crippen LogP contribution in [0, 0.1) is 0 Å². The van der Waals surface area contributed by atoms with Gasteiger partial charge in [0.2, 0.25) is 0 Å². The monoisotopic (exact) mass is 273 g/mol. The van der Waals surface area contributed by atoms with Gasteiger partial charge in [0, 0.05) is 55.3 Å². The zero-order valence-corrected chi connectivity index (χ0v) is 11.6. The summed E-state index contributed by atoms with van der Waals surface area (Å²) in [6, 6.07) is 8.24. The molecule has 1 aromatic heterocycles. The Hall–Kier alpha value is -2.01. The zero-order valence-electron chi connectivity index (χ0n) is 11.6. The van der Waals surface area contributed by atoms with Crippen molar-refractivity contribution in [2.24, 2.45) is 0 Å². The Kier molecular flexibility index (Phi) is 3.60. The highest BCUT2D eigenvalue weighted by Gasteiger charge is 2.23. The molecule has 0 atom stereocenters. The fraction of sp³-hybridized carbons (Fsp3) is 0.400. The number of nitrogens with zero attached hydrogens (tertiary/aromatic N) is 1. The van der Waals surface area contributed by atoms with Crippen molar-refractivity contribution >= 4 is 16.9 Å². The Labute approximate surface area is 117 Å². The van der Waals surface area contributed by atoms with Gasteiger partial charge < -0.3 is 19.9 Å². The topological polar surface area (TPSA) is 57.4 Å². The number of carbonyl (C=O) groups is 1. The first kappa shape index (κ1) is 13.0. The molecular weight excluding hydrogens is 254 g/mol. The number of amides is 2. The molecule has 0 radical (unpaired) electrons. The average Bonchev–Trinajstić information content (AvgIpc) is 2.85. The molecule has 0 unspecified atom stereocenters. The van der Waals surface area contributed by atoms with E-state index in [1.165, 1.54) is 16.6 Å². The minimum atomic E-state index is -0.0158. The lowest BCUT2D eigenvalue weighted by Gasteiger charge is -2.27. The number of H-pyrrole nitrogens is 1. The first-order valence-corrected chi connectivity index (χ1v) is 6.90. The summed E-state index contributed by atoms with van der Waals surface area (Å²) in [7, 11) is 1.63. The number of methoxy groups -OCH3 is 1. The van der Waals surface area contributed by atoms with E-state index in [1.54, 1.807) is 7.11 Å². The Balaban J connectivity index is 1.76. The van der Waals surface area contributed by atoms with Crippen molar-refractivity contribution < 1.29 is 9.53 Å². The lowest BCUT2D eigenvalue weighted by molar-refractivity contribution is 0.176. The van der Waals surface area contributed by atoms with E-state index < -0.39 is 0 Å². The van der Waals surface area contributed by atoms with Crippen molar-refractivity contribution in [3.05, 3.63) is 35.5 Å². The van der Waals surface area contributed by atoms with Gasteiger partial charge in [-0.2, -0.15) is 0 Å². The van der Waals surface area contributed by atoms with E-state index in [0.29, 0.717) is 19.7 Å². The normalized spacial score (nSPS) is 14.3. The van der Waals surface area contributed by atoms with Gasteiger partial charge in [-0.3, -0.25) is 0 Å². The fourth-order valence-corrected chi connectivity index (χ4v) is 2.71. The van der Waals surface area contributed by atoms with Crippen LogP contribution in [0.25, 0.3) is 10.9 Å². The zero-order chi connectivity index (χ0) is 13.9. The predicted octanol–water partition coefficient (Wildman–Crippen LogP) is 1.88. The van der Waals surface area contributed by atoms with Gasteiger partial charge in [0.15, 0.2) is 0 Å². The third kappa shape index (κ3) is 2.36. The van der Waals surface area contributed by atoms with Crippen LogP contribution >= 0.6 is 0 Å². The van der Waals surface area contributed by atoms with Gasteiger partial charge >= 0.3 is 6.03 Å². The Morgan fingerprint density at radius 2 is 2.30 bits per heavy atom. The number of aromatic nitrogens is 1. The standard InChI is InChI=1S/C15H19N3O2/c1-20-9-7-16-15(19)18-8-6-14-12(10-18)11-4-2-3-5-13(11)17-14/h2-5,17H,6-10H2,1H3,(H,16,19). The molecule has 5 heteroatoms. The van der Waals surface area contributed by atoms with Crippen molar-refractivity contribution in [2.45, 2.75) is 13.0 Å². The number of para-hydroxylation sites is 1.